The van der Waals surface area contributed by atoms with E-state index in [2.05, 4.69) is 10.8 Å². The Bertz CT molecular complexity index is 219. The van der Waals surface area contributed by atoms with Gasteiger partial charge in [-0.1, -0.05) is 12.3 Å². The number of carboxylic acids is 1. The van der Waals surface area contributed by atoms with E-state index in [-0.39, 0.29) is 12.5 Å². The molecular weight excluding hydrogens is 166 g/mol. The van der Waals surface area contributed by atoms with Gasteiger partial charge in [0, 0.05) is 6.04 Å². The van der Waals surface area contributed by atoms with Crippen LogP contribution < -0.4 is 0 Å². The fourth-order valence-electron chi connectivity index (χ4n) is 1.82. The van der Waals surface area contributed by atoms with Gasteiger partial charge in [-0.05, 0) is 19.4 Å². The Balaban J connectivity index is 2.47. The first-order chi connectivity index (χ1) is 6.24. The number of hydrogen-bond acceptors (Lipinski definition) is 2. The van der Waals surface area contributed by atoms with Gasteiger partial charge in [0.05, 0.1) is 13.0 Å². The minimum Gasteiger partial charge on any atom is -0.481 e. The molecule has 3 heteroatoms. The standard InChI is InChI=1S/C10H15NO2/c1-2-6-11-7-4-3-5-9(11)8-10(12)13/h1,9H,3-8H2,(H,12,13). The van der Waals surface area contributed by atoms with Gasteiger partial charge in [0.25, 0.3) is 0 Å². The van der Waals surface area contributed by atoms with E-state index < -0.39 is 5.97 Å². The zero-order chi connectivity index (χ0) is 9.68. The van der Waals surface area contributed by atoms with Gasteiger partial charge in [-0.2, -0.15) is 0 Å². The van der Waals surface area contributed by atoms with Crippen molar-refractivity contribution in [2.45, 2.75) is 31.7 Å². The predicted molar refractivity (Wildman–Crippen MR) is 50.3 cm³/mol. The number of piperidine rings is 1. The lowest BCUT2D eigenvalue weighted by atomic mass is 9.99. The van der Waals surface area contributed by atoms with E-state index in [0.29, 0.717) is 6.54 Å². The van der Waals surface area contributed by atoms with Crippen LogP contribution in [0.4, 0.5) is 0 Å². The SMILES string of the molecule is C#CCN1CCCCC1CC(=O)O. The fourth-order valence-corrected chi connectivity index (χ4v) is 1.82. The number of rotatable bonds is 3. The lowest BCUT2D eigenvalue weighted by Crippen LogP contribution is -2.40. The van der Waals surface area contributed by atoms with Crippen molar-refractivity contribution in [1.29, 1.82) is 0 Å². The molecule has 1 unspecified atom stereocenters. The molecule has 0 aromatic rings. The number of hydrogen-bond donors (Lipinski definition) is 1. The third-order valence-corrected chi connectivity index (χ3v) is 2.45. The number of aliphatic carboxylic acids is 1. The fraction of sp³-hybridized carbons (Fsp3) is 0.700. The maximum absolute atomic E-state index is 10.5. The molecule has 0 aromatic carbocycles. The normalized spacial score (nSPS) is 23.8. The zero-order valence-electron chi connectivity index (χ0n) is 7.70. The van der Waals surface area contributed by atoms with Crippen molar-refractivity contribution < 1.29 is 9.90 Å². The highest BCUT2D eigenvalue weighted by atomic mass is 16.4. The van der Waals surface area contributed by atoms with Gasteiger partial charge >= 0.3 is 5.97 Å². The zero-order valence-corrected chi connectivity index (χ0v) is 7.70. The third-order valence-electron chi connectivity index (χ3n) is 2.45. The van der Waals surface area contributed by atoms with E-state index in [1.54, 1.807) is 0 Å². The second kappa shape index (κ2) is 4.88. The number of terminal acetylenes is 1. The van der Waals surface area contributed by atoms with Gasteiger partial charge in [-0.3, -0.25) is 9.69 Å². The first-order valence-corrected chi connectivity index (χ1v) is 4.63. The maximum Gasteiger partial charge on any atom is 0.304 e. The van der Waals surface area contributed by atoms with Crippen LogP contribution in [0, 0.1) is 12.3 Å². The summed E-state index contributed by atoms with van der Waals surface area (Å²) < 4.78 is 0. The molecule has 1 N–H and O–H groups in total. The summed E-state index contributed by atoms with van der Waals surface area (Å²) >= 11 is 0. The van der Waals surface area contributed by atoms with Crippen molar-refractivity contribution in [2.24, 2.45) is 0 Å². The summed E-state index contributed by atoms with van der Waals surface area (Å²) in [4.78, 5) is 12.6. The average molecular weight is 181 g/mol. The highest BCUT2D eigenvalue weighted by Crippen LogP contribution is 2.18. The van der Waals surface area contributed by atoms with Crippen LogP contribution in [0.3, 0.4) is 0 Å². The molecule has 1 aliphatic rings. The summed E-state index contributed by atoms with van der Waals surface area (Å²) in [5.41, 5.74) is 0. The molecule has 0 amide bonds. The van der Waals surface area contributed by atoms with Crippen LogP contribution >= 0.6 is 0 Å². The molecule has 1 saturated heterocycles. The molecule has 1 atom stereocenters. The lowest BCUT2D eigenvalue weighted by molar-refractivity contribution is -0.138. The highest BCUT2D eigenvalue weighted by Gasteiger charge is 2.23. The quantitative estimate of drug-likeness (QED) is 0.659. The van der Waals surface area contributed by atoms with Crippen LogP contribution in [0.5, 0.6) is 0 Å². The molecule has 0 aromatic heterocycles. The largest absolute Gasteiger partial charge is 0.481 e. The monoisotopic (exact) mass is 181 g/mol. The third kappa shape index (κ3) is 3.08. The average Bonchev–Trinajstić information content (AvgIpc) is 2.08. The molecular formula is C10H15NO2. The molecule has 72 valence electrons. The summed E-state index contributed by atoms with van der Waals surface area (Å²) in [5.74, 6) is 1.85. The lowest BCUT2D eigenvalue weighted by Gasteiger charge is -2.33. The van der Waals surface area contributed by atoms with Crippen molar-refractivity contribution in [3.63, 3.8) is 0 Å². The van der Waals surface area contributed by atoms with Crippen molar-refractivity contribution >= 4 is 5.97 Å². The van der Waals surface area contributed by atoms with E-state index in [0.717, 1.165) is 25.8 Å². The van der Waals surface area contributed by atoms with Crippen molar-refractivity contribution in [3.05, 3.63) is 0 Å². The Morgan fingerprint density at radius 3 is 3.00 bits per heavy atom. The molecule has 13 heavy (non-hydrogen) atoms. The van der Waals surface area contributed by atoms with Crippen LogP contribution in [0.2, 0.25) is 0 Å². The summed E-state index contributed by atoms with van der Waals surface area (Å²) in [6.07, 6.45) is 8.66. The highest BCUT2D eigenvalue weighted by molar-refractivity contribution is 5.67. The predicted octanol–water partition coefficient (Wildman–Crippen LogP) is 0.949. The first-order valence-electron chi connectivity index (χ1n) is 4.63. The number of likely N-dealkylation sites (tertiary alicyclic amines) is 1. The van der Waals surface area contributed by atoms with Gasteiger partial charge in [0.1, 0.15) is 0 Å². The molecule has 0 saturated carbocycles. The van der Waals surface area contributed by atoms with Gasteiger partial charge in [-0.15, -0.1) is 6.42 Å². The molecule has 0 aliphatic carbocycles. The minimum absolute atomic E-state index is 0.155. The minimum atomic E-state index is -0.728. The van der Waals surface area contributed by atoms with Gasteiger partial charge < -0.3 is 5.11 Å². The van der Waals surface area contributed by atoms with Gasteiger partial charge in [-0.25, -0.2) is 0 Å². The molecule has 1 rings (SSSR count). The Morgan fingerprint density at radius 2 is 2.38 bits per heavy atom. The topological polar surface area (TPSA) is 40.5 Å². The van der Waals surface area contributed by atoms with Crippen molar-refractivity contribution in [3.8, 4) is 12.3 Å². The second-order valence-electron chi connectivity index (χ2n) is 3.42. The van der Waals surface area contributed by atoms with Crippen LogP contribution in [-0.2, 0) is 4.79 Å². The molecule has 0 spiro atoms. The van der Waals surface area contributed by atoms with Gasteiger partial charge in [0.15, 0.2) is 0 Å². The Labute approximate surface area is 78.7 Å². The van der Waals surface area contributed by atoms with Gasteiger partial charge in [0.2, 0.25) is 0 Å². The molecule has 1 heterocycles. The van der Waals surface area contributed by atoms with Crippen molar-refractivity contribution in [1.82, 2.24) is 4.90 Å². The van der Waals surface area contributed by atoms with Crippen LogP contribution in [0.15, 0.2) is 0 Å². The Morgan fingerprint density at radius 1 is 1.62 bits per heavy atom. The number of carboxylic acid groups (broad SMARTS) is 1. The molecule has 0 radical (unpaired) electrons. The summed E-state index contributed by atoms with van der Waals surface area (Å²) in [5, 5.41) is 8.67. The van der Waals surface area contributed by atoms with E-state index in [1.165, 1.54) is 0 Å². The second-order valence-corrected chi connectivity index (χ2v) is 3.42. The Kier molecular flexibility index (Phi) is 3.78. The molecule has 0 bridgehead atoms. The van der Waals surface area contributed by atoms with E-state index in [4.69, 9.17) is 11.5 Å². The van der Waals surface area contributed by atoms with E-state index in [9.17, 15) is 4.79 Å². The molecule has 1 aliphatic heterocycles. The van der Waals surface area contributed by atoms with E-state index in [1.807, 2.05) is 0 Å². The smallest absolute Gasteiger partial charge is 0.304 e. The van der Waals surface area contributed by atoms with Crippen molar-refractivity contribution in [2.75, 3.05) is 13.1 Å². The number of nitrogens with zero attached hydrogens (tertiary/aromatic N) is 1. The van der Waals surface area contributed by atoms with Crippen LogP contribution in [0.1, 0.15) is 25.7 Å². The summed E-state index contributed by atoms with van der Waals surface area (Å²) in [6.45, 7) is 1.53. The maximum atomic E-state index is 10.5. The van der Waals surface area contributed by atoms with Crippen LogP contribution in [-0.4, -0.2) is 35.1 Å². The summed E-state index contributed by atoms with van der Waals surface area (Å²) in [6, 6.07) is 0.155. The van der Waals surface area contributed by atoms with Crippen LogP contribution in [0.25, 0.3) is 0 Å². The van der Waals surface area contributed by atoms with E-state index >= 15 is 0 Å². The number of carbonyl (C=O) groups is 1. The Hall–Kier alpha value is -1.01. The molecule has 1 fully saturated rings. The first kappa shape index (κ1) is 10.1. The molecule has 3 nitrogen and oxygen atoms in total. The summed E-state index contributed by atoms with van der Waals surface area (Å²) in [7, 11) is 0.